The van der Waals surface area contributed by atoms with E-state index in [-0.39, 0.29) is 5.54 Å². The Bertz CT molecular complexity index is 216. The molecule has 2 heteroatoms. The van der Waals surface area contributed by atoms with Gasteiger partial charge in [-0.25, -0.2) is 0 Å². The lowest BCUT2D eigenvalue weighted by atomic mass is 9.77. The van der Waals surface area contributed by atoms with Crippen LogP contribution < -0.4 is 5.73 Å². The van der Waals surface area contributed by atoms with Crippen molar-refractivity contribution in [2.24, 2.45) is 5.73 Å². The highest BCUT2D eigenvalue weighted by atomic mass is 15.1. The Balaban J connectivity index is 1.83. The van der Waals surface area contributed by atoms with Crippen LogP contribution in [0.2, 0.25) is 0 Å². The topological polar surface area (TPSA) is 29.3 Å². The lowest BCUT2D eigenvalue weighted by molar-refractivity contribution is 0.151. The molecular weight excluding hydrogens is 160 g/mol. The molecule has 0 amide bonds. The zero-order valence-electron chi connectivity index (χ0n) is 8.55. The lowest BCUT2D eigenvalue weighted by Gasteiger charge is -2.42. The van der Waals surface area contributed by atoms with Gasteiger partial charge in [-0.1, -0.05) is 11.6 Å². The van der Waals surface area contributed by atoms with Gasteiger partial charge < -0.3 is 5.73 Å². The average molecular weight is 180 g/mol. The van der Waals surface area contributed by atoms with Gasteiger partial charge in [0.05, 0.1) is 0 Å². The van der Waals surface area contributed by atoms with E-state index in [9.17, 15) is 0 Å². The predicted octanol–water partition coefficient (Wildman–Crippen LogP) is 1.52. The van der Waals surface area contributed by atoms with Gasteiger partial charge in [-0.15, -0.1) is 0 Å². The van der Waals surface area contributed by atoms with Crippen molar-refractivity contribution in [3.8, 4) is 0 Å². The Morgan fingerprint density at radius 2 is 2.31 bits per heavy atom. The smallest absolute Gasteiger partial charge is 0.0283 e. The molecule has 0 bridgehead atoms. The average Bonchev–Trinajstić information content (AvgIpc) is 2.06. The molecule has 0 unspecified atom stereocenters. The summed E-state index contributed by atoms with van der Waals surface area (Å²) < 4.78 is 0. The van der Waals surface area contributed by atoms with Gasteiger partial charge in [0.15, 0.2) is 0 Å². The molecule has 0 spiro atoms. The largest absolute Gasteiger partial charge is 0.324 e. The minimum Gasteiger partial charge on any atom is -0.324 e. The highest BCUT2D eigenvalue weighted by Gasteiger charge is 2.34. The molecule has 2 rings (SSSR count). The Morgan fingerprint density at radius 3 is 2.77 bits per heavy atom. The van der Waals surface area contributed by atoms with Crippen molar-refractivity contribution in [1.29, 1.82) is 0 Å². The summed E-state index contributed by atoms with van der Waals surface area (Å²) in [5.74, 6) is 0. The minimum atomic E-state index is 0.166. The van der Waals surface area contributed by atoms with Crippen LogP contribution in [0.3, 0.4) is 0 Å². The maximum atomic E-state index is 6.21. The highest BCUT2D eigenvalue weighted by molar-refractivity contribution is 5.05. The summed E-state index contributed by atoms with van der Waals surface area (Å²) in [5, 5.41) is 0. The molecule has 0 aromatic carbocycles. The van der Waals surface area contributed by atoms with Gasteiger partial charge in [-0.2, -0.15) is 0 Å². The molecule has 1 heterocycles. The van der Waals surface area contributed by atoms with Gasteiger partial charge in [0, 0.05) is 25.2 Å². The molecule has 0 aromatic heterocycles. The normalized spacial score (nSPS) is 28.0. The van der Waals surface area contributed by atoms with Gasteiger partial charge in [0.25, 0.3) is 0 Å². The van der Waals surface area contributed by atoms with E-state index < -0.39 is 0 Å². The zero-order valence-corrected chi connectivity index (χ0v) is 8.55. The summed E-state index contributed by atoms with van der Waals surface area (Å²) in [4.78, 5) is 2.49. The first kappa shape index (κ1) is 9.22. The molecular formula is C11H20N2. The molecule has 74 valence electrons. The van der Waals surface area contributed by atoms with Crippen LogP contribution >= 0.6 is 0 Å². The van der Waals surface area contributed by atoms with Crippen LogP contribution in [-0.4, -0.2) is 30.1 Å². The first-order valence-electron chi connectivity index (χ1n) is 5.35. The number of rotatable bonds is 2. The fraction of sp³-hybridized carbons (Fsp3) is 0.818. The standard InChI is InChI=1S/C11H20N2/c1-10-3-7-13(8-4-10)9-11(12)5-2-6-11/h3H,2,4-9,12H2,1H3. The summed E-state index contributed by atoms with van der Waals surface area (Å²) in [6.45, 7) is 5.65. The second-order valence-corrected chi connectivity index (χ2v) is 4.75. The summed E-state index contributed by atoms with van der Waals surface area (Å²) in [7, 11) is 0. The predicted molar refractivity (Wildman–Crippen MR) is 55.6 cm³/mol. The molecule has 1 aliphatic carbocycles. The van der Waals surface area contributed by atoms with E-state index in [1.807, 2.05) is 0 Å². The van der Waals surface area contributed by atoms with Gasteiger partial charge in [0.2, 0.25) is 0 Å². The third-order valence-corrected chi connectivity index (χ3v) is 3.41. The maximum Gasteiger partial charge on any atom is 0.0283 e. The fourth-order valence-corrected chi connectivity index (χ4v) is 2.19. The van der Waals surface area contributed by atoms with Crippen molar-refractivity contribution >= 4 is 0 Å². The van der Waals surface area contributed by atoms with Crippen LogP contribution in [0.4, 0.5) is 0 Å². The molecule has 2 aliphatic rings. The highest BCUT2D eigenvalue weighted by Crippen LogP contribution is 2.30. The SMILES string of the molecule is CC1=CCN(CC2(N)CCC2)CC1. The van der Waals surface area contributed by atoms with E-state index in [0.29, 0.717) is 0 Å². The molecule has 0 radical (unpaired) electrons. The molecule has 0 aromatic rings. The fourth-order valence-electron chi connectivity index (χ4n) is 2.19. The molecule has 2 nitrogen and oxygen atoms in total. The summed E-state index contributed by atoms with van der Waals surface area (Å²) in [6, 6.07) is 0. The molecule has 0 atom stereocenters. The van der Waals surface area contributed by atoms with E-state index in [1.165, 1.54) is 37.8 Å². The third-order valence-electron chi connectivity index (χ3n) is 3.41. The molecule has 1 fully saturated rings. The van der Waals surface area contributed by atoms with Crippen LogP contribution in [0.25, 0.3) is 0 Å². The first-order chi connectivity index (χ1) is 6.18. The van der Waals surface area contributed by atoms with Crippen molar-refractivity contribution in [2.45, 2.75) is 38.1 Å². The van der Waals surface area contributed by atoms with Crippen molar-refractivity contribution in [3.63, 3.8) is 0 Å². The summed E-state index contributed by atoms with van der Waals surface area (Å²) in [5.41, 5.74) is 7.91. The van der Waals surface area contributed by atoms with Crippen molar-refractivity contribution < 1.29 is 0 Å². The van der Waals surface area contributed by atoms with Gasteiger partial charge >= 0.3 is 0 Å². The van der Waals surface area contributed by atoms with Crippen LogP contribution in [0.5, 0.6) is 0 Å². The molecule has 1 saturated carbocycles. The monoisotopic (exact) mass is 180 g/mol. The van der Waals surface area contributed by atoms with Gasteiger partial charge in [0.1, 0.15) is 0 Å². The van der Waals surface area contributed by atoms with Gasteiger partial charge in [-0.05, 0) is 32.6 Å². The third kappa shape index (κ3) is 2.12. The van der Waals surface area contributed by atoms with E-state index in [2.05, 4.69) is 17.9 Å². The number of nitrogens with two attached hydrogens (primary N) is 1. The van der Waals surface area contributed by atoms with E-state index in [1.54, 1.807) is 0 Å². The number of nitrogens with zero attached hydrogens (tertiary/aromatic N) is 1. The summed E-state index contributed by atoms with van der Waals surface area (Å²) >= 11 is 0. The van der Waals surface area contributed by atoms with E-state index in [0.717, 1.165) is 13.1 Å². The Morgan fingerprint density at radius 1 is 1.54 bits per heavy atom. The van der Waals surface area contributed by atoms with Crippen LogP contribution in [0.15, 0.2) is 11.6 Å². The van der Waals surface area contributed by atoms with Crippen LogP contribution in [0.1, 0.15) is 32.6 Å². The first-order valence-corrected chi connectivity index (χ1v) is 5.35. The quantitative estimate of drug-likeness (QED) is 0.653. The van der Waals surface area contributed by atoms with Crippen LogP contribution in [-0.2, 0) is 0 Å². The number of hydrogen-bond acceptors (Lipinski definition) is 2. The van der Waals surface area contributed by atoms with E-state index >= 15 is 0 Å². The van der Waals surface area contributed by atoms with Crippen molar-refractivity contribution in [2.75, 3.05) is 19.6 Å². The van der Waals surface area contributed by atoms with Crippen LogP contribution in [0, 0.1) is 0 Å². The summed E-state index contributed by atoms with van der Waals surface area (Å²) in [6.07, 6.45) is 7.36. The van der Waals surface area contributed by atoms with Gasteiger partial charge in [-0.3, -0.25) is 4.90 Å². The number of hydrogen-bond donors (Lipinski definition) is 1. The molecule has 0 saturated heterocycles. The Hall–Kier alpha value is -0.340. The maximum absolute atomic E-state index is 6.21. The lowest BCUT2D eigenvalue weighted by Crippen LogP contribution is -2.55. The zero-order chi connectivity index (χ0) is 9.31. The minimum absolute atomic E-state index is 0.166. The molecule has 13 heavy (non-hydrogen) atoms. The van der Waals surface area contributed by atoms with Crippen molar-refractivity contribution in [1.82, 2.24) is 4.90 Å². The second kappa shape index (κ2) is 3.43. The van der Waals surface area contributed by atoms with Crippen molar-refractivity contribution in [3.05, 3.63) is 11.6 Å². The van der Waals surface area contributed by atoms with E-state index in [4.69, 9.17) is 5.73 Å². The molecule has 1 aliphatic heterocycles. The second-order valence-electron chi connectivity index (χ2n) is 4.75. The Kier molecular flexibility index (Phi) is 2.43. The molecule has 2 N–H and O–H groups in total. The Labute approximate surface area is 80.8 Å².